The van der Waals surface area contributed by atoms with E-state index in [1.165, 1.54) is 0 Å². The Balaban J connectivity index is 3.48. The first-order valence-corrected chi connectivity index (χ1v) is 3.86. The van der Waals surface area contributed by atoms with E-state index in [2.05, 4.69) is 8.80 Å². The first kappa shape index (κ1) is 6.31. The molecular formula is C3H4N2O3S. The van der Waals surface area contributed by atoms with Crippen LogP contribution >= 0.6 is 9.68 Å². The maximum absolute atomic E-state index is 9.85. The lowest BCUT2D eigenvalue weighted by Gasteiger charge is -2.25. The molecular weight excluding hydrogens is 144 g/mol. The van der Waals surface area contributed by atoms with Gasteiger partial charge in [0.1, 0.15) is 0 Å². The van der Waals surface area contributed by atoms with Gasteiger partial charge in [-0.15, -0.1) is 0 Å². The van der Waals surface area contributed by atoms with Crippen LogP contribution in [0, 0.1) is 0 Å². The van der Waals surface area contributed by atoms with Gasteiger partial charge in [0.2, 0.25) is 0 Å². The molecule has 1 aliphatic rings. The number of nitrogens with zero attached hydrogens (tertiary/aromatic N) is 2. The highest BCUT2D eigenvalue weighted by atomic mass is 32.3. The zero-order chi connectivity index (χ0) is 6.98. The van der Waals surface area contributed by atoms with E-state index < -0.39 is 9.68 Å². The summed E-state index contributed by atoms with van der Waals surface area (Å²) >= 11 is 0. The fraction of sp³-hybridized carbons (Fsp3) is 0. The van der Waals surface area contributed by atoms with E-state index in [4.69, 9.17) is 9.11 Å². The average Bonchev–Trinajstić information content (AvgIpc) is 2.14. The molecule has 5 nitrogen and oxygen atoms in total. The van der Waals surface area contributed by atoms with E-state index >= 15 is 0 Å². The van der Waals surface area contributed by atoms with Gasteiger partial charge in [-0.1, -0.05) is 0 Å². The molecule has 0 fully saturated rings. The Morgan fingerprint density at radius 1 is 1.33 bits per heavy atom. The molecule has 0 bridgehead atoms. The van der Waals surface area contributed by atoms with Gasteiger partial charge in [0.15, 0.2) is 0 Å². The van der Waals surface area contributed by atoms with Crippen LogP contribution in [0.25, 0.3) is 0 Å². The maximum Gasteiger partial charge on any atom is 0.253 e. The van der Waals surface area contributed by atoms with Gasteiger partial charge in [0, 0.05) is 0 Å². The van der Waals surface area contributed by atoms with Crippen molar-refractivity contribution in [1.82, 2.24) is 0 Å². The molecule has 0 aromatic rings. The fourth-order valence-corrected chi connectivity index (χ4v) is 1.05. The Morgan fingerprint density at radius 2 is 1.78 bits per heavy atom. The summed E-state index contributed by atoms with van der Waals surface area (Å²) in [7, 11) is -4.45. The van der Waals surface area contributed by atoms with Crippen molar-refractivity contribution in [3.8, 4) is 0 Å². The Kier molecular flexibility index (Phi) is 0.960. The van der Waals surface area contributed by atoms with Crippen LogP contribution in [-0.2, 0) is 4.79 Å². The lowest BCUT2D eigenvalue weighted by Crippen LogP contribution is -1.94. The molecule has 0 saturated heterocycles. The molecule has 0 saturated carbocycles. The summed E-state index contributed by atoms with van der Waals surface area (Å²) in [5, 5.41) is 0.990. The second-order valence-corrected chi connectivity index (χ2v) is 3.75. The highest BCUT2D eigenvalue weighted by Gasteiger charge is 2.18. The molecule has 1 heterocycles. The third-order valence-electron chi connectivity index (χ3n) is 0.726. The van der Waals surface area contributed by atoms with Crippen LogP contribution < -0.4 is 0 Å². The largest absolute Gasteiger partial charge is 0.267 e. The van der Waals surface area contributed by atoms with Crippen LogP contribution in [0.3, 0.4) is 0 Å². The Hall–Kier alpha value is -0.810. The van der Waals surface area contributed by atoms with Crippen molar-refractivity contribution in [3.63, 3.8) is 0 Å². The molecule has 0 amide bonds. The number of hydrogen-bond acceptors (Lipinski definition) is 5. The molecule has 6 heteroatoms. The van der Waals surface area contributed by atoms with Crippen molar-refractivity contribution in [1.29, 1.82) is 0 Å². The van der Waals surface area contributed by atoms with E-state index in [1.807, 2.05) is 0 Å². The van der Waals surface area contributed by atoms with Gasteiger partial charge in [-0.2, -0.15) is 8.80 Å². The van der Waals surface area contributed by atoms with Gasteiger partial charge >= 0.3 is 0 Å². The van der Waals surface area contributed by atoms with Crippen LogP contribution in [0.5, 0.6) is 0 Å². The zero-order valence-electron chi connectivity index (χ0n) is 4.26. The van der Waals surface area contributed by atoms with Crippen LogP contribution in [0.4, 0.5) is 0 Å². The van der Waals surface area contributed by atoms with Gasteiger partial charge in [0.25, 0.3) is 5.23 Å². The van der Waals surface area contributed by atoms with Crippen molar-refractivity contribution >= 4 is 27.3 Å². The Labute approximate surface area is 50.9 Å². The molecule has 1 rings (SSSR count). The molecule has 9 heavy (non-hydrogen) atoms. The van der Waals surface area contributed by atoms with Gasteiger partial charge < -0.3 is 0 Å². The van der Waals surface area contributed by atoms with E-state index in [9.17, 15) is 4.79 Å². The first-order valence-electron chi connectivity index (χ1n) is 1.99. The molecule has 1 aliphatic heterocycles. The topological polar surface area (TPSA) is 82.2 Å². The lowest BCUT2D eigenvalue weighted by molar-refractivity contribution is 0.480. The maximum atomic E-state index is 9.85. The summed E-state index contributed by atoms with van der Waals surface area (Å²) in [6, 6.07) is 0. The monoisotopic (exact) mass is 148 g/mol. The van der Waals surface area contributed by atoms with Crippen LogP contribution in [0.1, 0.15) is 0 Å². The predicted molar refractivity (Wildman–Crippen MR) is 35.5 cm³/mol. The Morgan fingerprint density at radius 3 is 2.00 bits per heavy atom. The Bertz CT molecular complexity index is 261. The highest BCUT2D eigenvalue weighted by Crippen LogP contribution is 2.52. The molecule has 0 unspecified atom stereocenters. The zero-order valence-corrected chi connectivity index (χ0v) is 5.08. The SMILES string of the molecule is O=C=S1(O)(O)N=CC=N1. The summed E-state index contributed by atoms with van der Waals surface area (Å²) in [6.45, 7) is 0. The number of hydrogen-bond donors (Lipinski definition) is 2. The third kappa shape index (κ3) is 0.962. The van der Waals surface area contributed by atoms with Crippen molar-refractivity contribution in [2.45, 2.75) is 0 Å². The van der Waals surface area contributed by atoms with E-state index in [1.54, 1.807) is 0 Å². The average molecular weight is 148 g/mol. The quantitative estimate of drug-likeness (QED) is 0.485. The van der Waals surface area contributed by atoms with E-state index in [0.717, 1.165) is 17.7 Å². The summed E-state index contributed by atoms with van der Waals surface area (Å²) in [5.74, 6) is 0. The van der Waals surface area contributed by atoms with Gasteiger partial charge in [-0.3, -0.25) is 9.11 Å². The first-order chi connectivity index (χ1) is 4.05. The van der Waals surface area contributed by atoms with E-state index in [-0.39, 0.29) is 0 Å². The highest BCUT2D eigenvalue weighted by molar-refractivity contribution is 8.36. The summed E-state index contributed by atoms with van der Waals surface area (Å²) in [4.78, 5) is 9.85. The molecule has 50 valence electrons. The van der Waals surface area contributed by atoms with Crippen molar-refractivity contribution < 1.29 is 13.9 Å². The van der Waals surface area contributed by atoms with Crippen LogP contribution in [0.15, 0.2) is 8.80 Å². The summed E-state index contributed by atoms with van der Waals surface area (Å²) < 4.78 is 23.8. The molecule has 0 spiro atoms. The summed E-state index contributed by atoms with van der Waals surface area (Å²) in [5.41, 5.74) is 0. The third-order valence-corrected chi connectivity index (χ3v) is 2.04. The molecule has 0 aromatic carbocycles. The smallest absolute Gasteiger partial charge is 0.253 e. The second kappa shape index (κ2) is 1.37. The molecule has 0 atom stereocenters. The van der Waals surface area contributed by atoms with Gasteiger partial charge in [-0.25, -0.2) is 4.79 Å². The molecule has 2 N–H and O–H groups in total. The van der Waals surface area contributed by atoms with Gasteiger partial charge in [-0.05, 0) is 9.68 Å². The van der Waals surface area contributed by atoms with Gasteiger partial charge in [0.05, 0.1) is 12.4 Å². The fourth-order valence-electron chi connectivity index (χ4n) is 0.349. The van der Waals surface area contributed by atoms with Crippen molar-refractivity contribution in [2.75, 3.05) is 0 Å². The van der Waals surface area contributed by atoms with Crippen LogP contribution in [-0.4, -0.2) is 26.8 Å². The minimum atomic E-state index is -4.45. The lowest BCUT2D eigenvalue weighted by atomic mass is 10.9. The predicted octanol–water partition coefficient (Wildman–Crippen LogP) is 0.325. The molecule has 0 radical (unpaired) electrons. The van der Waals surface area contributed by atoms with Crippen molar-refractivity contribution in [3.05, 3.63) is 0 Å². The summed E-state index contributed by atoms with van der Waals surface area (Å²) in [6.07, 6.45) is 2.10. The second-order valence-electron chi connectivity index (χ2n) is 1.45. The van der Waals surface area contributed by atoms with Crippen LogP contribution in [0.2, 0.25) is 0 Å². The molecule has 0 aromatic heterocycles. The minimum Gasteiger partial charge on any atom is -0.267 e. The normalized spacial score (nSPS) is 30.7. The standard InChI is InChI=1S/C3H4N2O3S/c6-3-9(7,8)4-1-2-5-9/h1-2,7-8H. The minimum absolute atomic E-state index is 0.990. The van der Waals surface area contributed by atoms with E-state index in [0.29, 0.717) is 0 Å². The van der Waals surface area contributed by atoms with Crippen molar-refractivity contribution in [2.24, 2.45) is 8.80 Å². The molecule has 0 aliphatic carbocycles. The number of rotatable bonds is 0. The number of carbonyl (C=O) groups excluding carboxylic acids is 1.